The number of hydrogen-bond acceptors (Lipinski definition) is 14. The Morgan fingerprint density at radius 1 is 0.771 bits per heavy atom. The number of carbonyl (C=O) groups is 6. The van der Waals surface area contributed by atoms with Crippen molar-refractivity contribution in [2.24, 2.45) is 0 Å². The maximum atomic E-state index is 14.6. The highest BCUT2D eigenvalue weighted by molar-refractivity contribution is 8.78. The lowest BCUT2D eigenvalue weighted by Crippen LogP contribution is -2.77. The van der Waals surface area contributed by atoms with Crippen molar-refractivity contribution in [3.8, 4) is 0 Å². The topological polar surface area (TPSA) is 215 Å². The van der Waals surface area contributed by atoms with E-state index in [2.05, 4.69) is 0 Å². The minimum atomic E-state index is -2.68. The minimum absolute atomic E-state index is 0.177. The average molecular weight is 707 g/mol. The van der Waals surface area contributed by atoms with E-state index in [9.17, 15) is 49.2 Å². The van der Waals surface area contributed by atoms with E-state index in [4.69, 9.17) is 9.47 Å². The van der Waals surface area contributed by atoms with Gasteiger partial charge in [0, 0.05) is 40.8 Å². The van der Waals surface area contributed by atoms with Gasteiger partial charge in [0.05, 0.1) is 18.7 Å². The van der Waals surface area contributed by atoms with Crippen molar-refractivity contribution in [2.45, 2.75) is 72.2 Å². The van der Waals surface area contributed by atoms with Crippen molar-refractivity contribution in [3.05, 3.63) is 47.6 Å². The highest BCUT2D eigenvalue weighted by Gasteiger charge is 2.72. The molecule has 48 heavy (non-hydrogen) atoms. The molecule has 0 aromatic heterocycles. The van der Waals surface area contributed by atoms with Crippen LogP contribution >= 0.6 is 21.6 Å². The highest BCUT2D eigenvalue weighted by atomic mass is 33.1. The highest BCUT2D eigenvalue weighted by Crippen LogP contribution is 2.60. The first-order chi connectivity index (χ1) is 22.5. The third-order valence-corrected chi connectivity index (χ3v) is 13.3. The first kappa shape index (κ1) is 34.2. The second kappa shape index (κ2) is 11.4. The first-order valence-electron chi connectivity index (χ1n) is 14.9. The fourth-order valence-corrected chi connectivity index (χ4v) is 10.9. The Balaban J connectivity index is 1.42. The molecule has 6 aliphatic rings. The number of allylic oxidation sites excluding steroid dienone is 4. The summed E-state index contributed by atoms with van der Waals surface area (Å²) in [6, 6.07) is -2.17. The zero-order valence-electron chi connectivity index (χ0n) is 26.3. The Hall–Kier alpha value is -3.68. The number of nitrogens with zero attached hydrogens (tertiary/aromatic N) is 4. The van der Waals surface area contributed by atoms with Crippen LogP contribution in [0, 0.1) is 0 Å². The lowest BCUT2D eigenvalue weighted by atomic mass is 9.96. The number of aliphatic hydroxyl groups excluding tert-OH is 2. The number of piperazine rings is 2. The molecular weight excluding hydrogens is 672 g/mol. The molecule has 18 heteroatoms. The van der Waals surface area contributed by atoms with Crippen LogP contribution in [0.2, 0.25) is 0 Å². The second-order valence-electron chi connectivity index (χ2n) is 12.4. The van der Waals surface area contributed by atoms with Gasteiger partial charge in [0.1, 0.15) is 18.8 Å². The molecule has 4 N–H and O–H groups in total. The van der Waals surface area contributed by atoms with Crippen molar-refractivity contribution in [1.82, 2.24) is 19.6 Å². The molecule has 4 fully saturated rings. The number of carbonyl (C=O) groups excluding carboxylic acids is 6. The van der Waals surface area contributed by atoms with E-state index in [1.54, 1.807) is 24.3 Å². The summed E-state index contributed by atoms with van der Waals surface area (Å²) in [6.45, 7) is 0.182. The summed E-state index contributed by atoms with van der Waals surface area (Å²) in [4.78, 5) is 80.3. The first-order valence-corrected chi connectivity index (χ1v) is 17.1. The number of fused-ring (bicyclic) bond motifs is 6. The Morgan fingerprint density at radius 3 is 1.83 bits per heavy atom. The van der Waals surface area contributed by atoms with Crippen LogP contribution in [0.5, 0.6) is 0 Å². The van der Waals surface area contributed by atoms with Gasteiger partial charge in [-0.1, -0.05) is 35.1 Å². The van der Waals surface area contributed by atoms with Gasteiger partial charge in [0.15, 0.2) is 4.87 Å². The molecule has 6 rings (SSSR count). The molecule has 0 unspecified atom stereocenters. The van der Waals surface area contributed by atoms with Crippen molar-refractivity contribution < 1.29 is 58.7 Å². The van der Waals surface area contributed by atoms with Gasteiger partial charge < -0.3 is 44.6 Å². The fourth-order valence-electron chi connectivity index (χ4n) is 7.32. The van der Waals surface area contributed by atoms with E-state index in [1.165, 1.54) is 33.0 Å². The summed E-state index contributed by atoms with van der Waals surface area (Å²) in [5.41, 5.74) is -4.16. The molecule has 8 atom stereocenters. The van der Waals surface area contributed by atoms with Crippen LogP contribution in [0.1, 0.15) is 26.7 Å². The Morgan fingerprint density at radius 2 is 1.31 bits per heavy atom. The number of aliphatic hydroxyl groups is 4. The molecule has 0 radical (unpaired) electrons. The quantitative estimate of drug-likeness (QED) is 0.169. The van der Waals surface area contributed by atoms with Crippen LogP contribution < -0.4 is 0 Å². The van der Waals surface area contributed by atoms with Crippen molar-refractivity contribution in [1.29, 1.82) is 0 Å². The number of amides is 4. The molecule has 0 aromatic rings. The smallest absolute Gasteiger partial charge is 0.303 e. The van der Waals surface area contributed by atoms with Crippen molar-refractivity contribution in [3.63, 3.8) is 0 Å². The van der Waals surface area contributed by atoms with Crippen LogP contribution in [-0.2, 0) is 38.2 Å². The standard InChI is InChI=1S/C30H34N4O12S2/c1-15(37)45-19-9-5-7-17-11-27(43)23(39)32(4)30(14-36,26(42)33(27)21(17)19)48-47-29-12-18-8-6-10-20(46-16(2)38)22(18)34(29)24(40)28(44,13-35)31(3)25(29)41/h5-10,19-22,35-36,43-44H,11-14H2,1-4H3/t19-,20-,21-,22-,27+,28-,29+,30-/m0/s1. The van der Waals surface area contributed by atoms with Crippen LogP contribution in [-0.4, -0.2) is 148 Å². The van der Waals surface area contributed by atoms with E-state index in [0.29, 0.717) is 37.6 Å². The molecular formula is C30H34N4O12S2. The maximum Gasteiger partial charge on any atom is 0.303 e. The number of rotatable bonds is 7. The van der Waals surface area contributed by atoms with Gasteiger partial charge in [-0.05, 0) is 34.1 Å². The molecule has 16 nitrogen and oxygen atoms in total. The molecule has 0 bridgehead atoms. The maximum absolute atomic E-state index is 14.6. The number of hydrogen-bond donors (Lipinski definition) is 4. The van der Waals surface area contributed by atoms with Crippen LogP contribution in [0.15, 0.2) is 47.6 Å². The van der Waals surface area contributed by atoms with Crippen molar-refractivity contribution >= 4 is 57.2 Å². The molecule has 4 heterocycles. The predicted octanol–water partition coefficient (Wildman–Crippen LogP) is -1.88. The lowest BCUT2D eigenvalue weighted by molar-refractivity contribution is -0.206. The molecule has 4 saturated heterocycles. The lowest BCUT2D eigenvalue weighted by Gasteiger charge is -2.54. The molecule has 0 spiro atoms. The Bertz CT molecular complexity index is 1650. The van der Waals surface area contributed by atoms with Gasteiger partial charge in [-0.3, -0.25) is 33.7 Å². The molecule has 2 aliphatic carbocycles. The van der Waals surface area contributed by atoms with Gasteiger partial charge in [-0.15, -0.1) is 0 Å². The molecule has 4 aliphatic heterocycles. The second-order valence-corrected chi connectivity index (χ2v) is 15.1. The number of likely N-dealkylation sites (N-methyl/N-ethyl adjacent to an activating group) is 2. The largest absolute Gasteiger partial charge is 0.456 e. The summed E-state index contributed by atoms with van der Waals surface area (Å²) in [7, 11) is 3.62. The van der Waals surface area contributed by atoms with Gasteiger partial charge in [0.2, 0.25) is 16.3 Å². The zero-order chi connectivity index (χ0) is 35.1. The third-order valence-electron chi connectivity index (χ3n) is 9.70. The van der Waals surface area contributed by atoms with Gasteiger partial charge >= 0.3 is 11.9 Å². The summed E-state index contributed by atoms with van der Waals surface area (Å²) in [5, 5.41) is 44.0. The third kappa shape index (κ3) is 4.46. The SMILES string of the molecule is CC(=O)O[C@H]1C=CC=C2C[C@@]3(O)C(=O)N(C)[C@@](CO)(SS[C@@]45CC6=CC=C[C@H](OC(C)=O)[C@H]6N4C(=O)[C@@](O)(CO)N(C)C5=O)C(=O)N3[C@@H]21. The van der Waals surface area contributed by atoms with Crippen LogP contribution in [0.25, 0.3) is 0 Å². The molecule has 0 aromatic carbocycles. The summed E-state index contributed by atoms with van der Waals surface area (Å²) < 4.78 is 10.9. The van der Waals surface area contributed by atoms with Crippen molar-refractivity contribution in [2.75, 3.05) is 27.3 Å². The number of esters is 2. The van der Waals surface area contributed by atoms with Gasteiger partial charge in [-0.2, -0.15) is 0 Å². The molecule has 4 amide bonds. The monoisotopic (exact) mass is 706 g/mol. The number of ether oxygens (including phenoxy) is 2. The normalized spacial score (nSPS) is 38.3. The van der Waals surface area contributed by atoms with Crippen LogP contribution in [0.4, 0.5) is 0 Å². The van der Waals surface area contributed by atoms with E-state index in [0.717, 1.165) is 21.7 Å². The Kier molecular flexibility index (Phi) is 8.16. The Labute approximate surface area is 282 Å². The predicted molar refractivity (Wildman–Crippen MR) is 166 cm³/mol. The van der Waals surface area contributed by atoms with E-state index in [-0.39, 0.29) is 12.8 Å². The van der Waals surface area contributed by atoms with Gasteiger partial charge in [-0.25, -0.2) is 0 Å². The fraction of sp³-hybridized carbons (Fsp3) is 0.533. The van der Waals surface area contributed by atoms with E-state index >= 15 is 0 Å². The summed E-state index contributed by atoms with van der Waals surface area (Å²) in [6.07, 6.45) is 6.81. The summed E-state index contributed by atoms with van der Waals surface area (Å²) in [5.74, 6) is -5.17. The molecule has 258 valence electrons. The molecule has 0 saturated carbocycles. The zero-order valence-corrected chi connectivity index (χ0v) is 27.9. The average Bonchev–Trinajstić information content (AvgIpc) is 3.56. The minimum Gasteiger partial charge on any atom is -0.456 e. The van der Waals surface area contributed by atoms with Crippen LogP contribution in [0.3, 0.4) is 0 Å². The van der Waals surface area contributed by atoms with E-state index < -0.39 is 94.3 Å². The van der Waals surface area contributed by atoms with Gasteiger partial charge in [0.25, 0.3) is 23.6 Å². The summed E-state index contributed by atoms with van der Waals surface area (Å²) >= 11 is 0. The van der Waals surface area contributed by atoms with E-state index in [1.807, 2.05) is 0 Å².